The van der Waals surface area contributed by atoms with Crippen molar-refractivity contribution in [2.45, 2.75) is 33.1 Å². The van der Waals surface area contributed by atoms with Crippen LogP contribution in [0.4, 0.5) is 0 Å². The molecule has 0 unspecified atom stereocenters. The maximum atomic E-state index is 10.7. The van der Waals surface area contributed by atoms with Gasteiger partial charge in [-0.3, -0.25) is 4.79 Å². The molecule has 0 aromatic heterocycles. The summed E-state index contributed by atoms with van der Waals surface area (Å²) in [7, 11) is 0. The van der Waals surface area contributed by atoms with E-state index in [0.29, 0.717) is 12.2 Å². The fourth-order valence-corrected chi connectivity index (χ4v) is 2.36. The maximum Gasteiger partial charge on any atom is 0.303 e. The number of aliphatic carboxylic acids is 1. The Morgan fingerprint density at radius 3 is 2.45 bits per heavy atom. The van der Waals surface area contributed by atoms with Gasteiger partial charge in [0.05, 0.1) is 0 Å². The van der Waals surface area contributed by atoms with E-state index in [4.69, 9.17) is 9.84 Å². The summed E-state index contributed by atoms with van der Waals surface area (Å²) in [5.41, 5.74) is 3.04. The lowest BCUT2D eigenvalue weighted by atomic mass is 10.00. The van der Waals surface area contributed by atoms with Crippen LogP contribution in [0.3, 0.4) is 0 Å². The summed E-state index contributed by atoms with van der Waals surface area (Å²) >= 11 is 0. The Labute approximate surface area is 130 Å². The first-order valence-corrected chi connectivity index (χ1v) is 7.30. The molecule has 0 amide bonds. The molecule has 0 heterocycles. The number of aromatic hydroxyl groups is 1. The number of benzene rings is 2. The molecule has 0 atom stereocenters. The maximum absolute atomic E-state index is 10.7. The van der Waals surface area contributed by atoms with E-state index in [1.165, 1.54) is 0 Å². The predicted octanol–water partition coefficient (Wildman–Crippen LogP) is 4.07. The van der Waals surface area contributed by atoms with Crippen LogP contribution in [0.2, 0.25) is 0 Å². The Kier molecular flexibility index (Phi) is 5.04. The van der Waals surface area contributed by atoms with Gasteiger partial charge in [0.2, 0.25) is 0 Å². The van der Waals surface area contributed by atoms with Crippen molar-refractivity contribution >= 4 is 5.97 Å². The van der Waals surface area contributed by atoms with E-state index < -0.39 is 5.97 Å². The first-order chi connectivity index (χ1) is 10.5. The number of hydrogen-bond acceptors (Lipinski definition) is 3. The SMILES string of the molecule is CCc1cc(CCC(=O)O)cc(C)c1Oc1ccc(O)cc1. The van der Waals surface area contributed by atoms with Gasteiger partial charge in [0.25, 0.3) is 0 Å². The monoisotopic (exact) mass is 300 g/mol. The molecular formula is C18H20O4. The highest BCUT2D eigenvalue weighted by molar-refractivity contribution is 5.67. The van der Waals surface area contributed by atoms with Crippen LogP contribution in [0.1, 0.15) is 30.0 Å². The third kappa shape index (κ3) is 4.01. The lowest BCUT2D eigenvalue weighted by Gasteiger charge is -2.15. The molecule has 0 saturated carbocycles. The number of rotatable bonds is 6. The van der Waals surface area contributed by atoms with Crippen molar-refractivity contribution in [3.05, 3.63) is 53.1 Å². The first-order valence-electron chi connectivity index (χ1n) is 7.30. The summed E-state index contributed by atoms with van der Waals surface area (Å²) in [6, 6.07) is 10.6. The molecule has 116 valence electrons. The average Bonchev–Trinajstić information content (AvgIpc) is 2.49. The highest BCUT2D eigenvalue weighted by Gasteiger charge is 2.11. The molecule has 2 rings (SSSR count). The second kappa shape index (κ2) is 6.98. The van der Waals surface area contributed by atoms with Crippen LogP contribution in [0.25, 0.3) is 0 Å². The van der Waals surface area contributed by atoms with E-state index in [9.17, 15) is 9.90 Å². The number of aryl methyl sites for hydroxylation is 3. The van der Waals surface area contributed by atoms with Crippen molar-refractivity contribution in [3.8, 4) is 17.2 Å². The van der Waals surface area contributed by atoms with Gasteiger partial charge in [0, 0.05) is 6.42 Å². The third-order valence-corrected chi connectivity index (χ3v) is 3.48. The number of carboxylic acids is 1. The van der Waals surface area contributed by atoms with Crippen molar-refractivity contribution in [2.75, 3.05) is 0 Å². The highest BCUT2D eigenvalue weighted by Crippen LogP contribution is 2.31. The number of hydrogen-bond donors (Lipinski definition) is 2. The van der Waals surface area contributed by atoms with Crippen molar-refractivity contribution in [2.24, 2.45) is 0 Å². The first kappa shape index (κ1) is 15.9. The largest absolute Gasteiger partial charge is 0.508 e. The van der Waals surface area contributed by atoms with E-state index in [1.807, 2.05) is 26.0 Å². The quantitative estimate of drug-likeness (QED) is 0.843. The van der Waals surface area contributed by atoms with Crippen LogP contribution in [0.5, 0.6) is 17.2 Å². The van der Waals surface area contributed by atoms with E-state index in [2.05, 4.69) is 0 Å². The zero-order valence-electron chi connectivity index (χ0n) is 12.8. The second-order valence-corrected chi connectivity index (χ2v) is 5.24. The standard InChI is InChI=1S/C18H20O4/c1-3-14-11-13(4-9-17(20)21)10-12(2)18(14)22-16-7-5-15(19)6-8-16/h5-8,10-11,19H,3-4,9H2,1-2H3,(H,20,21). The molecule has 22 heavy (non-hydrogen) atoms. The summed E-state index contributed by atoms with van der Waals surface area (Å²) in [6.07, 6.45) is 1.44. The highest BCUT2D eigenvalue weighted by atomic mass is 16.5. The Balaban J connectivity index is 2.26. The molecule has 0 aliphatic carbocycles. The summed E-state index contributed by atoms with van der Waals surface area (Å²) in [5, 5.41) is 18.1. The molecule has 2 N–H and O–H groups in total. The minimum absolute atomic E-state index is 0.126. The van der Waals surface area contributed by atoms with Gasteiger partial charge in [-0.15, -0.1) is 0 Å². The molecule has 2 aromatic carbocycles. The minimum Gasteiger partial charge on any atom is -0.508 e. The average molecular weight is 300 g/mol. The molecule has 0 radical (unpaired) electrons. The van der Waals surface area contributed by atoms with Gasteiger partial charge in [0.1, 0.15) is 17.2 Å². The summed E-state index contributed by atoms with van der Waals surface area (Å²) in [4.78, 5) is 10.7. The lowest BCUT2D eigenvalue weighted by molar-refractivity contribution is -0.136. The number of carboxylic acid groups (broad SMARTS) is 1. The van der Waals surface area contributed by atoms with Gasteiger partial charge in [-0.05, 0) is 60.7 Å². The summed E-state index contributed by atoms with van der Waals surface area (Å²) in [5.74, 6) is 0.866. The lowest BCUT2D eigenvalue weighted by Crippen LogP contribution is -2.00. The molecule has 0 aliphatic rings. The van der Waals surface area contributed by atoms with Crippen molar-refractivity contribution < 1.29 is 19.7 Å². The Hall–Kier alpha value is -2.49. The van der Waals surface area contributed by atoms with Gasteiger partial charge in [-0.1, -0.05) is 19.1 Å². The van der Waals surface area contributed by atoms with Crippen molar-refractivity contribution in [1.29, 1.82) is 0 Å². The van der Waals surface area contributed by atoms with E-state index in [1.54, 1.807) is 24.3 Å². The number of ether oxygens (including phenoxy) is 1. The summed E-state index contributed by atoms with van der Waals surface area (Å²) in [6.45, 7) is 4.00. The molecule has 0 aliphatic heterocycles. The molecule has 4 heteroatoms. The van der Waals surface area contributed by atoms with Crippen LogP contribution >= 0.6 is 0 Å². The number of phenols is 1. The Bertz CT molecular complexity index is 660. The molecular weight excluding hydrogens is 280 g/mol. The van der Waals surface area contributed by atoms with Gasteiger partial charge in [0.15, 0.2) is 0 Å². The second-order valence-electron chi connectivity index (χ2n) is 5.24. The molecule has 4 nitrogen and oxygen atoms in total. The molecule has 0 bridgehead atoms. The van der Waals surface area contributed by atoms with Crippen LogP contribution in [-0.2, 0) is 17.6 Å². The zero-order chi connectivity index (χ0) is 16.1. The Morgan fingerprint density at radius 1 is 1.18 bits per heavy atom. The normalized spacial score (nSPS) is 10.5. The van der Waals surface area contributed by atoms with Crippen LogP contribution in [0, 0.1) is 6.92 Å². The predicted molar refractivity (Wildman–Crippen MR) is 84.7 cm³/mol. The van der Waals surface area contributed by atoms with Gasteiger partial charge in [-0.25, -0.2) is 0 Å². The van der Waals surface area contributed by atoms with Crippen LogP contribution in [-0.4, -0.2) is 16.2 Å². The number of carbonyl (C=O) groups is 1. The molecule has 0 saturated heterocycles. The van der Waals surface area contributed by atoms with Gasteiger partial charge in [-0.2, -0.15) is 0 Å². The Morgan fingerprint density at radius 2 is 1.86 bits per heavy atom. The van der Waals surface area contributed by atoms with E-state index in [-0.39, 0.29) is 12.2 Å². The molecule has 0 spiro atoms. The minimum atomic E-state index is -0.792. The smallest absolute Gasteiger partial charge is 0.303 e. The fraction of sp³-hybridized carbons (Fsp3) is 0.278. The van der Waals surface area contributed by atoms with E-state index in [0.717, 1.165) is 28.9 Å². The van der Waals surface area contributed by atoms with Gasteiger partial charge < -0.3 is 14.9 Å². The number of phenolic OH excluding ortho intramolecular Hbond substituents is 1. The van der Waals surface area contributed by atoms with E-state index >= 15 is 0 Å². The molecule has 2 aromatic rings. The van der Waals surface area contributed by atoms with Crippen molar-refractivity contribution in [3.63, 3.8) is 0 Å². The van der Waals surface area contributed by atoms with Crippen LogP contribution in [0.15, 0.2) is 36.4 Å². The summed E-state index contributed by atoms with van der Waals surface area (Å²) < 4.78 is 5.94. The molecule has 0 fully saturated rings. The van der Waals surface area contributed by atoms with Gasteiger partial charge >= 0.3 is 5.97 Å². The van der Waals surface area contributed by atoms with Crippen molar-refractivity contribution in [1.82, 2.24) is 0 Å². The zero-order valence-corrected chi connectivity index (χ0v) is 12.8. The fourth-order valence-electron chi connectivity index (χ4n) is 2.36. The van der Waals surface area contributed by atoms with Crippen LogP contribution < -0.4 is 4.74 Å². The third-order valence-electron chi connectivity index (χ3n) is 3.48. The topological polar surface area (TPSA) is 66.8 Å².